The average Bonchev–Trinajstić information content (AvgIpc) is 2.92. The second kappa shape index (κ2) is 5.69. The highest BCUT2D eigenvalue weighted by molar-refractivity contribution is 7.89. The Kier molecular flexibility index (Phi) is 3.99. The molecular weight excluding hydrogens is 274 g/mol. The van der Waals surface area contributed by atoms with Gasteiger partial charge in [0, 0.05) is 13.0 Å². The SMILES string of the molecule is NNc1ncc(S(=O)(=O)NCCc2ncon2)cn1. The van der Waals surface area contributed by atoms with Crippen LogP contribution >= 0.6 is 0 Å². The number of anilines is 1. The minimum absolute atomic E-state index is 0.0559. The molecule has 0 spiro atoms. The van der Waals surface area contributed by atoms with Gasteiger partial charge in [-0.2, -0.15) is 4.98 Å². The molecule has 0 aliphatic rings. The van der Waals surface area contributed by atoms with Crippen LogP contribution in [0.4, 0.5) is 5.95 Å². The van der Waals surface area contributed by atoms with E-state index in [2.05, 4.69) is 34.8 Å². The first-order valence-corrected chi connectivity index (χ1v) is 6.64. The van der Waals surface area contributed by atoms with Crippen molar-refractivity contribution in [1.29, 1.82) is 0 Å². The molecule has 19 heavy (non-hydrogen) atoms. The zero-order valence-electron chi connectivity index (χ0n) is 9.65. The van der Waals surface area contributed by atoms with Crippen LogP contribution in [0.2, 0.25) is 0 Å². The Labute approximate surface area is 108 Å². The second-order valence-electron chi connectivity index (χ2n) is 3.38. The van der Waals surface area contributed by atoms with E-state index < -0.39 is 10.0 Å². The third kappa shape index (κ3) is 3.43. The van der Waals surface area contributed by atoms with Gasteiger partial charge in [0.2, 0.25) is 22.4 Å². The molecule has 2 heterocycles. The van der Waals surface area contributed by atoms with Crippen molar-refractivity contribution in [2.45, 2.75) is 11.3 Å². The monoisotopic (exact) mass is 285 g/mol. The highest BCUT2D eigenvalue weighted by Crippen LogP contribution is 2.06. The van der Waals surface area contributed by atoms with E-state index in [0.29, 0.717) is 12.2 Å². The molecule has 0 atom stereocenters. The van der Waals surface area contributed by atoms with Gasteiger partial charge in [0.25, 0.3) is 0 Å². The molecule has 0 amide bonds. The maximum atomic E-state index is 11.9. The number of sulfonamides is 1. The molecule has 0 saturated carbocycles. The Morgan fingerprint density at radius 3 is 2.58 bits per heavy atom. The van der Waals surface area contributed by atoms with Crippen molar-refractivity contribution in [3.63, 3.8) is 0 Å². The van der Waals surface area contributed by atoms with Crippen LogP contribution in [0.15, 0.2) is 28.2 Å². The van der Waals surface area contributed by atoms with E-state index >= 15 is 0 Å². The Balaban J connectivity index is 1.97. The summed E-state index contributed by atoms with van der Waals surface area (Å²) in [5.41, 5.74) is 2.20. The van der Waals surface area contributed by atoms with Crippen molar-refractivity contribution in [2.24, 2.45) is 5.84 Å². The summed E-state index contributed by atoms with van der Waals surface area (Å²) in [6.07, 6.45) is 3.80. The number of nitrogen functional groups attached to an aromatic ring is 1. The topological polar surface area (TPSA) is 149 Å². The molecule has 0 bridgehead atoms. The Morgan fingerprint density at radius 2 is 2.00 bits per heavy atom. The lowest BCUT2D eigenvalue weighted by molar-refractivity contribution is 0.410. The molecule has 10 nitrogen and oxygen atoms in total. The fraction of sp³-hybridized carbons (Fsp3) is 0.250. The summed E-state index contributed by atoms with van der Waals surface area (Å²) in [6.45, 7) is 0.138. The van der Waals surface area contributed by atoms with Crippen molar-refractivity contribution >= 4 is 16.0 Å². The zero-order chi connectivity index (χ0) is 13.7. The molecule has 4 N–H and O–H groups in total. The minimum atomic E-state index is -3.67. The maximum Gasteiger partial charge on any atom is 0.243 e. The van der Waals surface area contributed by atoms with Crippen LogP contribution < -0.4 is 16.0 Å². The van der Waals surface area contributed by atoms with Crippen molar-refractivity contribution in [1.82, 2.24) is 24.8 Å². The zero-order valence-corrected chi connectivity index (χ0v) is 10.5. The molecule has 11 heteroatoms. The molecule has 0 aromatic carbocycles. The molecule has 2 aromatic rings. The smallest absolute Gasteiger partial charge is 0.243 e. The Hall–Kier alpha value is -2.11. The molecular formula is C8H11N7O3S. The van der Waals surface area contributed by atoms with E-state index in [0.717, 1.165) is 12.4 Å². The van der Waals surface area contributed by atoms with Crippen LogP contribution in [0.5, 0.6) is 0 Å². The van der Waals surface area contributed by atoms with E-state index in [1.54, 1.807) is 0 Å². The van der Waals surface area contributed by atoms with Gasteiger partial charge in [-0.15, -0.1) is 0 Å². The van der Waals surface area contributed by atoms with Crippen molar-refractivity contribution in [3.05, 3.63) is 24.6 Å². The van der Waals surface area contributed by atoms with Crippen LogP contribution in [0.3, 0.4) is 0 Å². The van der Waals surface area contributed by atoms with E-state index in [1.807, 2.05) is 0 Å². The summed E-state index contributed by atoms with van der Waals surface area (Å²) in [7, 11) is -3.67. The molecule has 0 fully saturated rings. The lowest BCUT2D eigenvalue weighted by Gasteiger charge is -2.05. The lowest BCUT2D eigenvalue weighted by atomic mass is 10.4. The fourth-order valence-electron chi connectivity index (χ4n) is 1.21. The fourth-order valence-corrected chi connectivity index (χ4v) is 2.13. The van der Waals surface area contributed by atoms with E-state index in [4.69, 9.17) is 5.84 Å². The normalized spacial score (nSPS) is 11.4. The molecule has 2 aromatic heterocycles. The number of hydrogen-bond acceptors (Lipinski definition) is 9. The van der Waals surface area contributed by atoms with Crippen molar-refractivity contribution in [3.8, 4) is 0 Å². The van der Waals surface area contributed by atoms with E-state index in [-0.39, 0.29) is 17.4 Å². The summed E-state index contributed by atoms with van der Waals surface area (Å²) in [5, 5.41) is 3.56. The van der Waals surface area contributed by atoms with Gasteiger partial charge in [-0.3, -0.25) is 5.43 Å². The summed E-state index contributed by atoms with van der Waals surface area (Å²) in [6, 6.07) is 0. The van der Waals surface area contributed by atoms with Gasteiger partial charge in [-0.25, -0.2) is 29.0 Å². The molecule has 102 valence electrons. The highest BCUT2D eigenvalue weighted by Gasteiger charge is 2.15. The predicted molar refractivity (Wildman–Crippen MR) is 63.0 cm³/mol. The molecule has 0 saturated heterocycles. The van der Waals surface area contributed by atoms with Crippen LogP contribution in [-0.4, -0.2) is 35.1 Å². The van der Waals surface area contributed by atoms with Crippen LogP contribution in [0.1, 0.15) is 5.82 Å². The summed E-state index contributed by atoms with van der Waals surface area (Å²) < 4.78 is 30.6. The molecule has 0 unspecified atom stereocenters. The number of nitrogens with zero attached hydrogens (tertiary/aromatic N) is 4. The van der Waals surface area contributed by atoms with Gasteiger partial charge < -0.3 is 4.52 Å². The van der Waals surface area contributed by atoms with Crippen LogP contribution in [0.25, 0.3) is 0 Å². The largest absolute Gasteiger partial charge is 0.343 e. The van der Waals surface area contributed by atoms with E-state index in [1.165, 1.54) is 6.39 Å². The summed E-state index contributed by atoms with van der Waals surface area (Å²) in [5.74, 6) is 5.63. The van der Waals surface area contributed by atoms with Gasteiger partial charge in [0.15, 0.2) is 5.82 Å². The number of nitrogens with one attached hydrogen (secondary N) is 2. The molecule has 0 aliphatic carbocycles. The van der Waals surface area contributed by atoms with E-state index in [9.17, 15) is 8.42 Å². The third-order valence-corrected chi connectivity index (χ3v) is 3.53. The minimum Gasteiger partial charge on any atom is -0.343 e. The van der Waals surface area contributed by atoms with Gasteiger partial charge in [-0.05, 0) is 0 Å². The van der Waals surface area contributed by atoms with Crippen LogP contribution in [-0.2, 0) is 16.4 Å². The standard InChI is InChI=1S/C8H11N7O3S/c9-14-8-10-3-6(4-11-8)19(16,17)13-2-1-7-12-5-18-15-7/h3-5,13H,1-2,9H2,(H,10,11,14). The second-order valence-corrected chi connectivity index (χ2v) is 5.15. The quantitative estimate of drug-likeness (QED) is 0.433. The molecule has 0 aliphatic heterocycles. The number of nitrogens with two attached hydrogens (primary N) is 1. The Morgan fingerprint density at radius 1 is 1.26 bits per heavy atom. The van der Waals surface area contributed by atoms with Gasteiger partial charge in [-0.1, -0.05) is 5.16 Å². The van der Waals surface area contributed by atoms with Gasteiger partial charge >= 0.3 is 0 Å². The maximum absolute atomic E-state index is 11.9. The number of aromatic nitrogens is 4. The number of hydrazine groups is 1. The molecule has 0 radical (unpaired) electrons. The first-order chi connectivity index (χ1) is 9.12. The number of rotatable bonds is 6. The van der Waals surface area contributed by atoms with Crippen molar-refractivity contribution in [2.75, 3.05) is 12.0 Å². The highest BCUT2D eigenvalue weighted by atomic mass is 32.2. The first-order valence-electron chi connectivity index (χ1n) is 5.15. The predicted octanol–water partition coefficient (Wildman–Crippen LogP) is -1.33. The first kappa shape index (κ1) is 13.3. The van der Waals surface area contributed by atoms with Crippen LogP contribution in [0, 0.1) is 0 Å². The summed E-state index contributed by atoms with van der Waals surface area (Å²) in [4.78, 5) is 11.1. The average molecular weight is 285 g/mol. The Bertz CT molecular complexity index is 610. The van der Waals surface area contributed by atoms with Crippen molar-refractivity contribution < 1.29 is 12.9 Å². The third-order valence-electron chi connectivity index (χ3n) is 2.12. The van der Waals surface area contributed by atoms with Gasteiger partial charge in [0.1, 0.15) is 4.90 Å². The number of hydrogen-bond donors (Lipinski definition) is 3. The van der Waals surface area contributed by atoms with Gasteiger partial charge in [0.05, 0.1) is 12.4 Å². The molecule has 2 rings (SSSR count). The summed E-state index contributed by atoms with van der Waals surface area (Å²) >= 11 is 0. The lowest BCUT2D eigenvalue weighted by Crippen LogP contribution is -2.26.